The number of carbonyl (C=O) groups excluding carboxylic acids is 1. The molecule has 3 rings (SSSR count). The summed E-state index contributed by atoms with van der Waals surface area (Å²) in [6, 6.07) is 17.1. The smallest absolute Gasteiger partial charge is 0.271 e. The maximum absolute atomic E-state index is 12.5. The molecule has 6 heteroatoms. The van der Waals surface area contributed by atoms with Crippen molar-refractivity contribution in [2.75, 3.05) is 21.3 Å². The molecule has 0 spiro atoms. The summed E-state index contributed by atoms with van der Waals surface area (Å²) in [6.45, 7) is 0. The highest BCUT2D eigenvalue weighted by molar-refractivity contribution is 6.01. The van der Waals surface area contributed by atoms with E-state index in [4.69, 9.17) is 14.2 Å². The van der Waals surface area contributed by atoms with E-state index >= 15 is 0 Å². The third kappa shape index (κ3) is 3.84. The van der Waals surface area contributed by atoms with Gasteiger partial charge in [0.25, 0.3) is 5.91 Å². The summed E-state index contributed by atoms with van der Waals surface area (Å²) in [5.74, 6) is 0.849. The van der Waals surface area contributed by atoms with Gasteiger partial charge in [-0.1, -0.05) is 42.5 Å². The highest BCUT2D eigenvalue weighted by Crippen LogP contribution is 2.38. The summed E-state index contributed by atoms with van der Waals surface area (Å²) in [6.07, 6.45) is 1.62. The van der Waals surface area contributed by atoms with Gasteiger partial charge in [0.1, 0.15) is 0 Å². The van der Waals surface area contributed by atoms with Crippen molar-refractivity contribution in [2.45, 2.75) is 0 Å². The highest BCUT2D eigenvalue weighted by Gasteiger charge is 2.16. The number of amides is 1. The zero-order valence-electron chi connectivity index (χ0n) is 15.4. The van der Waals surface area contributed by atoms with Crippen molar-refractivity contribution in [3.05, 3.63) is 65.7 Å². The highest BCUT2D eigenvalue weighted by atomic mass is 16.5. The number of nitrogens with one attached hydrogen (secondary N) is 1. The fourth-order valence-corrected chi connectivity index (χ4v) is 2.80. The molecule has 3 aromatic carbocycles. The number of hydrogen-bond acceptors (Lipinski definition) is 5. The summed E-state index contributed by atoms with van der Waals surface area (Å²) in [7, 11) is 4.50. The summed E-state index contributed by atoms with van der Waals surface area (Å²) < 4.78 is 15.8. The molecule has 0 saturated carbocycles. The largest absolute Gasteiger partial charge is 0.493 e. The summed E-state index contributed by atoms with van der Waals surface area (Å²) in [5.41, 5.74) is 3.79. The number of methoxy groups -OCH3 is 3. The monoisotopic (exact) mass is 364 g/mol. The van der Waals surface area contributed by atoms with Crippen molar-refractivity contribution in [3.63, 3.8) is 0 Å². The topological polar surface area (TPSA) is 69.2 Å². The summed E-state index contributed by atoms with van der Waals surface area (Å²) >= 11 is 0. The van der Waals surface area contributed by atoms with Gasteiger partial charge >= 0.3 is 0 Å². The third-order valence-corrected chi connectivity index (χ3v) is 4.12. The van der Waals surface area contributed by atoms with Crippen LogP contribution in [-0.4, -0.2) is 33.5 Å². The first kappa shape index (κ1) is 18.3. The molecule has 0 aliphatic heterocycles. The molecule has 6 nitrogen and oxygen atoms in total. The zero-order valence-corrected chi connectivity index (χ0v) is 15.4. The molecular weight excluding hydrogens is 344 g/mol. The Hall–Kier alpha value is -3.54. The Balaban J connectivity index is 1.82. The van der Waals surface area contributed by atoms with E-state index in [1.807, 2.05) is 42.5 Å². The Morgan fingerprint density at radius 2 is 1.59 bits per heavy atom. The van der Waals surface area contributed by atoms with E-state index in [9.17, 15) is 4.79 Å². The predicted octanol–water partition coefficient (Wildman–Crippen LogP) is 3.63. The minimum atomic E-state index is -0.384. The van der Waals surface area contributed by atoms with Gasteiger partial charge in [-0.05, 0) is 22.9 Å². The molecule has 138 valence electrons. The van der Waals surface area contributed by atoms with Gasteiger partial charge in [-0.2, -0.15) is 5.10 Å². The van der Waals surface area contributed by atoms with Gasteiger partial charge < -0.3 is 14.2 Å². The van der Waals surface area contributed by atoms with Crippen molar-refractivity contribution in [3.8, 4) is 17.2 Å². The molecule has 0 aliphatic rings. The number of hydrogen-bond donors (Lipinski definition) is 1. The fraction of sp³-hybridized carbons (Fsp3) is 0.143. The lowest BCUT2D eigenvalue weighted by molar-refractivity contribution is 0.0954. The number of ether oxygens (including phenoxy) is 3. The van der Waals surface area contributed by atoms with Crippen LogP contribution in [0.3, 0.4) is 0 Å². The lowest BCUT2D eigenvalue weighted by Crippen LogP contribution is -2.18. The second-order valence-corrected chi connectivity index (χ2v) is 5.68. The van der Waals surface area contributed by atoms with Crippen molar-refractivity contribution < 1.29 is 19.0 Å². The standard InChI is InChI=1S/C21H20N2O4/c1-25-18-11-16(12-19(26-2)20(18)27-3)21(24)23-22-13-15-9-6-8-14-7-4-5-10-17(14)15/h4-13H,1-3H3,(H,23,24). The van der Waals surface area contributed by atoms with Crippen LogP contribution < -0.4 is 19.6 Å². The Morgan fingerprint density at radius 1 is 0.926 bits per heavy atom. The lowest BCUT2D eigenvalue weighted by Gasteiger charge is -2.13. The van der Waals surface area contributed by atoms with Gasteiger partial charge in [-0.25, -0.2) is 5.43 Å². The van der Waals surface area contributed by atoms with Gasteiger partial charge in [0.05, 0.1) is 27.5 Å². The second kappa shape index (κ2) is 8.23. The van der Waals surface area contributed by atoms with Crippen LogP contribution in [0.4, 0.5) is 0 Å². The molecule has 0 atom stereocenters. The Bertz CT molecular complexity index is 968. The third-order valence-electron chi connectivity index (χ3n) is 4.12. The Morgan fingerprint density at radius 3 is 2.26 bits per heavy atom. The molecule has 0 aromatic heterocycles. The quantitative estimate of drug-likeness (QED) is 0.536. The van der Waals surface area contributed by atoms with E-state index in [0.717, 1.165) is 16.3 Å². The molecule has 27 heavy (non-hydrogen) atoms. The Kier molecular flexibility index (Phi) is 5.56. The maximum atomic E-state index is 12.5. The second-order valence-electron chi connectivity index (χ2n) is 5.68. The number of rotatable bonds is 6. The first-order valence-corrected chi connectivity index (χ1v) is 8.29. The molecule has 1 amide bonds. The van der Waals surface area contributed by atoms with Gasteiger partial charge in [0.2, 0.25) is 5.75 Å². The molecule has 0 aliphatic carbocycles. The van der Waals surface area contributed by atoms with Gasteiger partial charge in [0, 0.05) is 11.1 Å². The van der Waals surface area contributed by atoms with Gasteiger partial charge in [0.15, 0.2) is 11.5 Å². The van der Waals surface area contributed by atoms with E-state index in [1.165, 1.54) is 21.3 Å². The average Bonchev–Trinajstić information content (AvgIpc) is 2.72. The van der Waals surface area contributed by atoms with E-state index in [1.54, 1.807) is 18.3 Å². The number of benzene rings is 3. The minimum absolute atomic E-state index is 0.347. The Labute approximate surface area is 157 Å². The molecule has 3 aromatic rings. The molecular formula is C21H20N2O4. The first-order chi connectivity index (χ1) is 13.2. The normalized spacial score (nSPS) is 10.8. The van der Waals surface area contributed by atoms with Crippen LogP contribution in [0.1, 0.15) is 15.9 Å². The zero-order chi connectivity index (χ0) is 19.2. The van der Waals surface area contributed by atoms with E-state index in [2.05, 4.69) is 10.5 Å². The van der Waals surface area contributed by atoms with Crippen molar-refractivity contribution in [1.29, 1.82) is 0 Å². The summed E-state index contributed by atoms with van der Waals surface area (Å²) in [5, 5.41) is 6.25. The van der Waals surface area contributed by atoms with Crippen LogP contribution in [0.25, 0.3) is 10.8 Å². The molecule has 0 saturated heterocycles. The lowest BCUT2D eigenvalue weighted by atomic mass is 10.1. The SMILES string of the molecule is COc1cc(C(=O)NN=Cc2cccc3ccccc23)cc(OC)c1OC. The first-order valence-electron chi connectivity index (χ1n) is 8.29. The van der Waals surface area contributed by atoms with Gasteiger partial charge in [-0.15, -0.1) is 0 Å². The van der Waals surface area contributed by atoms with Crippen LogP contribution in [-0.2, 0) is 0 Å². The predicted molar refractivity (Wildman–Crippen MR) is 105 cm³/mol. The van der Waals surface area contributed by atoms with Crippen LogP contribution in [0, 0.1) is 0 Å². The number of nitrogens with zero attached hydrogens (tertiary/aromatic N) is 1. The van der Waals surface area contributed by atoms with Crippen LogP contribution in [0.5, 0.6) is 17.2 Å². The maximum Gasteiger partial charge on any atom is 0.271 e. The molecule has 0 fully saturated rings. The van der Waals surface area contributed by atoms with E-state index in [-0.39, 0.29) is 5.91 Å². The van der Waals surface area contributed by atoms with E-state index in [0.29, 0.717) is 22.8 Å². The van der Waals surface area contributed by atoms with Crippen LogP contribution >= 0.6 is 0 Å². The van der Waals surface area contributed by atoms with Crippen molar-refractivity contribution >= 4 is 22.9 Å². The summed E-state index contributed by atoms with van der Waals surface area (Å²) in [4.78, 5) is 12.5. The van der Waals surface area contributed by atoms with Crippen LogP contribution in [0.2, 0.25) is 0 Å². The number of hydrazone groups is 1. The minimum Gasteiger partial charge on any atom is -0.493 e. The molecule has 0 unspecified atom stereocenters. The fourth-order valence-electron chi connectivity index (χ4n) is 2.80. The van der Waals surface area contributed by atoms with Crippen molar-refractivity contribution in [1.82, 2.24) is 5.43 Å². The average molecular weight is 364 g/mol. The molecule has 0 bridgehead atoms. The van der Waals surface area contributed by atoms with Crippen molar-refractivity contribution in [2.24, 2.45) is 5.10 Å². The molecule has 0 heterocycles. The number of carbonyl (C=O) groups is 1. The molecule has 0 radical (unpaired) electrons. The number of fused-ring (bicyclic) bond motifs is 1. The van der Waals surface area contributed by atoms with Gasteiger partial charge in [-0.3, -0.25) is 4.79 Å². The molecule has 1 N–H and O–H groups in total. The van der Waals surface area contributed by atoms with E-state index < -0.39 is 0 Å². The van der Waals surface area contributed by atoms with Crippen LogP contribution in [0.15, 0.2) is 59.7 Å².